The van der Waals surface area contributed by atoms with Crippen LogP contribution in [0.2, 0.25) is 0 Å². The van der Waals surface area contributed by atoms with Crippen molar-refractivity contribution < 1.29 is 19.4 Å². The molecule has 0 spiro atoms. The highest BCUT2D eigenvalue weighted by atomic mass is 16.5. The zero-order valence-corrected chi connectivity index (χ0v) is 16.2. The third-order valence-electron chi connectivity index (χ3n) is 4.75. The highest BCUT2D eigenvalue weighted by Crippen LogP contribution is 2.48. The summed E-state index contributed by atoms with van der Waals surface area (Å²) in [6, 6.07) is 7.06. The average Bonchev–Trinajstić information content (AvgIpc) is 2.68. The average molecular weight is 379 g/mol. The number of rotatable bonds is 5. The number of aliphatic carboxylic acids is 1. The van der Waals surface area contributed by atoms with Crippen molar-refractivity contribution in [1.82, 2.24) is 4.98 Å². The molecule has 1 aromatic carbocycles. The third kappa shape index (κ3) is 3.14. The molecule has 2 heterocycles. The number of carboxylic acids is 1. The van der Waals surface area contributed by atoms with Crippen LogP contribution in [-0.4, -0.2) is 29.8 Å². The molecule has 2 N–H and O–H groups in total. The number of methoxy groups -OCH3 is 1. The molecular weight excluding hydrogens is 358 g/mol. The third-order valence-corrected chi connectivity index (χ3v) is 4.75. The first-order valence-electron chi connectivity index (χ1n) is 8.84. The zero-order chi connectivity index (χ0) is 20.4. The number of hydrogen-bond acceptors (Lipinski definition) is 6. The van der Waals surface area contributed by atoms with Crippen molar-refractivity contribution >= 4 is 11.7 Å². The summed E-state index contributed by atoms with van der Waals surface area (Å²) in [5, 5.41) is 22.4. The highest BCUT2D eigenvalue weighted by Gasteiger charge is 2.37. The number of aromatic nitrogens is 1. The van der Waals surface area contributed by atoms with Crippen LogP contribution in [0.3, 0.4) is 0 Å². The van der Waals surface area contributed by atoms with Crippen molar-refractivity contribution in [1.29, 1.82) is 5.26 Å². The molecule has 1 atom stereocenters. The number of carbonyl (C=O) groups is 1. The lowest BCUT2D eigenvalue weighted by Crippen LogP contribution is -2.25. The highest BCUT2D eigenvalue weighted by molar-refractivity contribution is 5.94. The van der Waals surface area contributed by atoms with Gasteiger partial charge in [0.05, 0.1) is 48.1 Å². The van der Waals surface area contributed by atoms with E-state index in [4.69, 9.17) is 9.47 Å². The molecule has 7 heteroatoms. The molecule has 7 nitrogen and oxygen atoms in total. The first-order valence-corrected chi connectivity index (χ1v) is 8.84. The maximum Gasteiger partial charge on any atom is 0.334 e. The monoisotopic (exact) mass is 379 g/mol. The number of nitriles is 1. The molecule has 0 aliphatic carbocycles. The predicted octanol–water partition coefficient (Wildman–Crippen LogP) is 3.59. The number of benzene rings is 1. The molecule has 0 saturated heterocycles. The van der Waals surface area contributed by atoms with Gasteiger partial charge in [0.25, 0.3) is 0 Å². The number of aryl methyl sites for hydroxylation is 1. The van der Waals surface area contributed by atoms with E-state index in [9.17, 15) is 15.2 Å². The minimum atomic E-state index is -1.05. The second-order valence-electron chi connectivity index (χ2n) is 6.44. The Kier molecular flexibility index (Phi) is 5.23. The molecule has 0 amide bonds. The van der Waals surface area contributed by atoms with E-state index in [1.54, 1.807) is 31.3 Å². The van der Waals surface area contributed by atoms with Crippen LogP contribution in [0, 0.1) is 18.3 Å². The Morgan fingerprint density at radius 2 is 2.14 bits per heavy atom. The van der Waals surface area contributed by atoms with Crippen molar-refractivity contribution in [2.45, 2.75) is 26.7 Å². The van der Waals surface area contributed by atoms with Gasteiger partial charge in [-0.25, -0.2) is 9.78 Å². The van der Waals surface area contributed by atoms with E-state index in [2.05, 4.69) is 16.4 Å². The summed E-state index contributed by atoms with van der Waals surface area (Å²) >= 11 is 0. The molecule has 1 aromatic heterocycles. The van der Waals surface area contributed by atoms with Gasteiger partial charge in [-0.3, -0.25) is 0 Å². The van der Waals surface area contributed by atoms with E-state index in [-0.39, 0.29) is 5.57 Å². The van der Waals surface area contributed by atoms with Crippen LogP contribution in [0.15, 0.2) is 35.7 Å². The Hall–Kier alpha value is -3.53. The van der Waals surface area contributed by atoms with Gasteiger partial charge < -0.3 is 19.9 Å². The molecule has 0 bridgehead atoms. The molecule has 2 aromatic rings. The second kappa shape index (κ2) is 7.61. The van der Waals surface area contributed by atoms with Gasteiger partial charge in [0.1, 0.15) is 5.75 Å². The minimum Gasteiger partial charge on any atom is -0.496 e. The number of ether oxygens (including phenoxy) is 2. The Balaban J connectivity index is 2.37. The first-order chi connectivity index (χ1) is 13.4. The van der Waals surface area contributed by atoms with Crippen molar-refractivity contribution in [3.8, 4) is 17.7 Å². The minimum absolute atomic E-state index is 0.184. The Morgan fingerprint density at radius 3 is 2.75 bits per heavy atom. The number of nitrogens with one attached hydrogen (secondary N) is 1. The number of hydrogen-bond donors (Lipinski definition) is 2. The largest absolute Gasteiger partial charge is 0.496 e. The van der Waals surface area contributed by atoms with Crippen LogP contribution in [0.4, 0.5) is 5.69 Å². The van der Waals surface area contributed by atoms with Crippen LogP contribution >= 0.6 is 0 Å². The van der Waals surface area contributed by atoms with Crippen molar-refractivity contribution in [2.24, 2.45) is 0 Å². The quantitative estimate of drug-likeness (QED) is 0.818. The predicted molar refractivity (Wildman–Crippen MR) is 104 cm³/mol. The summed E-state index contributed by atoms with van der Waals surface area (Å²) in [6.07, 6.45) is 1.70. The van der Waals surface area contributed by atoms with E-state index in [1.165, 1.54) is 7.11 Å². The van der Waals surface area contributed by atoms with E-state index < -0.39 is 11.9 Å². The number of fused-ring (bicyclic) bond motifs is 1. The van der Waals surface area contributed by atoms with E-state index >= 15 is 0 Å². The summed E-state index contributed by atoms with van der Waals surface area (Å²) in [7, 11) is 1.50. The molecule has 1 aliphatic rings. The fourth-order valence-electron chi connectivity index (χ4n) is 3.52. The van der Waals surface area contributed by atoms with Gasteiger partial charge in [-0.15, -0.1) is 0 Å². The van der Waals surface area contributed by atoms with Crippen molar-refractivity contribution in [2.75, 3.05) is 19.0 Å². The van der Waals surface area contributed by atoms with Crippen LogP contribution in [0.25, 0.3) is 0 Å². The summed E-state index contributed by atoms with van der Waals surface area (Å²) in [5.41, 5.74) is 4.08. The van der Waals surface area contributed by atoms with Gasteiger partial charge in [0.2, 0.25) is 5.88 Å². The summed E-state index contributed by atoms with van der Waals surface area (Å²) in [4.78, 5) is 16.6. The van der Waals surface area contributed by atoms with E-state index in [0.717, 1.165) is 11.3 Å². The van der Waals surface area contributed by atoms with Crippen molar-refractivity contribution in [3.05, 3.63) is 57.9 Å². The fourth-order valence-corrected chi connectivity index (χ4v) is 3.52. The van der Waals surface area contributed by atoms with Gasteiger partial charge in [-0.2, -0.15) is 5.26 Å². The van der Waals surface area contributed by atoms with Crippen molar-refractivity contribution in [3.63, 3.8) is 0 Å². The topological polar surface area (TPSA) is 104 Å². The SMILES string of the molecule is CCOc1ncc(C)c2c1C(c1ccc(C#N)cc1OC)C(C(=O)O)=C(C)N2. The van der Waals surface area contributed by atoms with E-state index in [1.807, 2.05) is 13.8 Å². The van der Waals surface area contributed by atoms with Crippen LogP contribution in [-0.2, 0) is 4.79 Å². The Labute approximate surface area is 163 Å². The van der Waals surface area contributed by atoms with Crippen LogP contribution in [0.1, 0.15) is 42.0 Å². The standard InChI is InChI=1S/C21H21N3O4/c1-5-28-20-18-17(14-7-6-13(9-22)8-15(14)27-4)16(21(25)26)12(3)24-19(18)11(2)10-23-20/h6-8,10,17,24H,5H2,1-4H3,(H,25,26). The molecule has 0 radical (unpaired) electrons. The molecule has 0 saturated carbocycles. The number of carboxylic acid groups (broad SMARTS) is 1. The lowest BCUT2D eigenvalue weighted by atomic mass is 9.80. The van der Waals surface area contributed by atoms with Gasteiger partial charge in [-0.1, -0.05) is 6.07 Å². The van der Waals surface area contributed by atoms with Gasteiger partial charge in [0, 0.05) is 17.5 Å². The molecule has 0 fully saturated rings. The van der Waals surface area contributed by atoms with Gasteiger partial charge in [-0.05, 0) is 38.5 Å². The molecule has 144 valence electrons. The molecule has 3 rings (SSSR count). The number of pyridine rings is 1. The normalized spacial score (nSPS) is 15.3. The van der Waals surface area contributed by atoms with Crippen LogP contribution in [0.5, 0.6) is 11.6 Å². The molecule has 1 aliphatic heterocycles. The fraction of sp³-hybridized carbons (Fsp3) is 0.286. The second-order valence-corrected chi connectivity index (χ2v) is 6.44. The first kappa shape index (κ1) is 19.2. The summed E-state index contributed by atoms with van der Waals surface area (Å²) in [5.74, 6) is -0.896. The lowest BCUT2D eigenvalue weighted by Gasteiger charge is -2.32. The zero-order valence-electron chi connectivity index (χ0n) is 16.2. The number of allylic oxidation sites excluding steroid dienone is 1. The van der Waals surface area contributed by atoms with E-state index in [0.29, 0.717) is 40.6 Å². The van der Waals surface area contributed by atoms with Crippen LogP contribution < -0.4 is 14.8 Å². The summed E-state index contributed by atoms with van der Waals surface area (Å²) in [6.45, 7) is 5.88. The Morgan fingerprint density at radius 1 is 1.39 bits per heavy atom. The smallest absolute Gasteiger partial charge is 0.334 e. The number of nitrogens with zero attached hydrogens (tertiary/aromatic N) is 2. The van der Waals surface area contributed by atoms with Gasteiger partial charge in [0.15, 0.2) is 0 Å². The Bertz CT molecular complexity index is 1020. The summed E-state index contributed by atoms with van der Waals surface area (Å²) < 4.78 is 11.2. The number of anilines is 1. The molecule has 1 unspecified atom stereocenters. The maximum atomic E-state index is 12.2. The molecular formula is C21H21N3O4. The van der Waals surface area contributed by atoms with Gasteiger partial charge >= 0.3 is 5.97 Å². The molecule has 28 heavy (non-hydrogen) atoms. The maximum absolute atomic E-state index is 12.2. The lowest BCUT2D eigenvalue weighted by molar-refractivity contribution is -0.133.